The van der Waals surface area contributed by atoms with Crippen LogP contribution in [0.15, 0.2) is 29.2 Å². The molecule has 1 heterocycles. The third kappa shape index (κ3) is 2.51. The fourth-order valence-electron chi connectivity index (χ4n) is 2.63. The van der Waals surface area contributed by atoms with Gasteiger partial charge in [0.15, 0.2) is 0 Å². The molecule has 1 aromatic carbocycles. The van der Waals surface area contributed by atoms with Gasteiger partial charge in [-0.25, -0.2) is 8.42 Å². The van der Waals surface area contributed by atoms with Crippen molar-refractivity contribution in [3.63, 3.8) is 0 Å². The molecule has 0 amide bonds. The molecule has 0 aromatic heterocycles. The van der Waals surface area contributed by atoms with Crippen molar-refractivity contribution in [1.82, 2.24) is 4.31 Å². The molecule has 1 fully saturated rings. The van der Waals surface area contributed by atoms with Gasteiger partial charge in [-0.3, -0.25) is 0 Å². The molecule has 0 aliphatic carbocycles. The Kier molecular flexibility index (Phi) is 3.66. The molecule has 0 bridgehead atoms. The molecule has 0 unspecified atom stereocenters. The van der Waals surface area contributed by atoms with Crippen molar-refractivity contribution in [2.75, 3.05) is 6.54 Å². The van der Waals surface area contributed by atoms with Crippen LogP contribution in [0.1, 0.15) is 32.3 Å². The molecule has 1 aromatic rings. The lowest BCUT2D eigenvalue weighted by molar-refractivity contribution is 0.291. The smallest absolute Gasteiger partial charge is 0.207 e. The van der Waals surface area contributed by atoms with Gasteiger partial charge in [-0.1, -0.05) is 18.2 Å². The van der Waals surface area contributed by atoms with Gasteiger partial charge in [0.2, 0.25) is 10.0 Å². The van der Waals surface area contributed by atoms with E-state index in [1.165, 1.54) is 0 Å². The van der Waals surface area contributed by atoms with Crippen LogP contribution in [0.25, 0.3) is 0 Å². The molecule has 1 saturated heterocycles. The van der Waals surface area contributed by atoms with Crippen LogP contribution in [-0.4, -0.2) is 24.8 Å². The summed E-state index contributed by atoms with van der Waals surface area (Å²) >= 11 is 0. The van der Waals surface area contributed by atoms with Crippen molar-refractivity contribution in [2.45, 2.75) is 43.5 Å². The highest BCUT2D eigenvalue weighted by atomic mass is 32.2. The molecule has 0 atom stereocenters. The summed E-state index contributed by atoms with van der Waals surface area (Å²) < 4.78 is 27.1. The van der Waals surface area contributed by atoms with Crippen LogP contribution in [0.4, 0.5) is 0 Å². The number of nitriles is 1. The first-order valence-corrected chi connectivity index (χ1v) is 7.81. The lowest BCUT2D eigenvalue weighted by Gasteiger charge is -2.31. The molecule has 19 heavy (non-hydrogen) atoms. The van der Waals surface area contributed by atoms with Crippen LogP contribution < -0.4 is 0 Å². The van der Waals surface area contributed by atoms with Gasteiger partial charge in [-0.2, -0.15) is 9.57 Å². The zero-order valence-corrected chi connectivity index (χ0v) is 12.1. The summed E-state index contributed by atoms with van der Waals surface area (Å²) in [5, 5.41) is 8.82. The second-order valence-electron chi connectivity index (χ2n) is 5.44. The summed E-state index contributed by atoms with van der Waals surface area (Å²) in [4.78, 5) is 0.270. The van der Waals surface area contributed by atoms with Gasteiger partial charge in [0.05, 0.1) is 17.4 Å². The van der Waals surface area contributed by atoms with E-state index in [4.69, 9.17) is 5.26 Å². The third-order valence-corrected chi connectivity index (χ3v) is 5.85. The minimum absolute atomic E-state index is 0.115. The second kappa shape index (κ2) is 4.95. The highest BCUT2D eigenvalue weighted by Crippen LogP contribution is 2.34. The Labute approximate surface area is 114 Å². The Morgan fingerprint density at radius 1 is 1.37 bits per heavy atom. The molecule has 1 aliphatic heterocycles. The van der Waals surface area contributed by atoms with E-state index in [9.17, 15) is 8.42 Å². The molecule has 5 heteroatoms. The molecule has 0 N–H and O–H groups in total. The highest BCUT2D eigenvalue weighted by Gasteiger charge is 2.41. The van der Waals surface area contributed by atoms with E-state index >= 15 is 0 Å². The first-order chi connectivity index (χ1) is 8.89. The van der Waals surface area contributed by atoms with Crippen molar-refractivity contribution < 1.29 is 8.42 Å². The Morgan fingerprint density at radius 2 is 2.05 bits per heavy atom. The number of nitrogens with zero attached hydrogens (tertiary/aromatic N) is 2. The standard InChI is InChI=1S/C14H18N2O2S/c1-14(2)9-5-11-16(14)19(17,18)13-7-4-3-6-12(13)8-10-15/h3-4,6-7H,5,8-9,11H2,1-2H3. The van der Waals surface area contributed by atoms with E-state index in [1.54, 1.807) is 28.6 Å². The Morgan fingerprint density at radius 3 is 2.63 bits per heavy atom. The van der Waals surface area contributed by atoms with E-state index in [0.717, 1.165) is 12.8 Å². The van der Waals surface area contributed by atoms with Crippen molar-refractivity contribution in [3.8, 4) is 6.07 Å². The summed E-state index contributed by atoms with van der Waals surface area (Å²) in [5.74, 6) is 0. The van der Waals surface area contributed by atoms with Crippen molar-refractivity contribution in [2.24, 2.45) is 0 Å². The van der Waals surface area contributed by atoms with E-state index in [1.807, 2.05) is 19.9 Å². The van der Waals surface area contributed by atoms with Crippen LogP contribution in [0, 0.1) is 11.3 Å². The summed E-state index contributed by atoms with van der Waals surface area (Å²) in [6, 6.07) is 8.80. The number of hydrogen-bond donors (Lipinski definition) is 0. The minimum Gasteiger partial charge on any atom is -0.207 e. The van der Waals surface area contributed by atoms with Gasteiger partial charge in [-0.05, 0) is 38.3 Å². The van der Waals surface area contributed by atoms with E-state index < -0.39 is 10.0 Å². The van der Waals surface area contributed by atoms with Gasteiger partial charge < -0.3 is 0 Å². The van der Waals surface area contributed by atoms with Crippen molar-refractivity contribution >= 4 is 10.0 Å². The maximum absolute atomic E-state index is 12.8. The maximum Gasteiger partial charge on any atom is 0.243 e. The predicted octanol–water partition coefficient (Wildman–Crippen LogP) is 2.32. The predicted molar refractivity (Wildman–Crippen MR) is 73.0 cm³/mol. The third-order valence-electron chi connectivity index (χ3n) is 3.64. The molecular formula is C14H18N2O2S. The molecule has 0 radical (unpaired) electrons. The lowest BCUT2D eigenvalue weighted by Crippen LogP contribution is -2.42. The van der Waals surface area contributed by atoms with E-state index in [2.05, 4.69) is 0 Å². The summed E-state index contributed by atoms with van der Waals surface area (Å²) in [7, 11) is -3.52. The average Bonchev–Trinajstić information content (AvgIpc) is 2.70. The molecule has 2 rings (SSSR count). The normalized spacial score (nSPS) is 19.2. The van der Waals surface area contributed by atoms with E-state index in [-0.39, 0.29) is 16.9 Å². The van der Waals surface area contributed by atoms with Gasteiger partial charge in [-0.15, -0.1) is 0 Å². The fourth-order valence-corrected chi connectivity index (χ4v) is 4.70. The Bertz CT molecular complexity index is 615. The Hall–Kier alpha value is -1.38. The van der Waals surface area contributed by atoms with Crippen LogP contribution in [0.3, 0.4) is 0 Å². The zero-order valence-electron chi connectivity index (χ0n) is 11.3. The van der Waals surface area contributed by atoms with Crippen molar-refractivity contribution in [3.05, 3.63) is 29.8 Å². The quantitative estimate of drug-likeness (QED) is 0.852. The molecule has 4 nitrogen and oxygen atoms in total. The molecule has 0 saturated carbocycles. The number of sulfonamides is 1. The van der Waals surface area contributed by atoms with Gasteiger partial charge in [0, 0.05) is 12.1 Å². The fraction of sp³-hybridized carbons (Fsp3) is 0.500. The van der Waals surface area contributed by atoms with Gasteiger partial charge in [0.25, 0.3) is 0 Å². The van der Waals surface area contributed by atoms with E-state index in [0.29, 0.717) is 12.1 Å². The average molecular weight is 278 g/mol. The zero-order chi connectivity index (χ0) is 14.1. The molecule has 0 spiro atoms. The second-order valence-corrected chi connectivity index (χ2v) is 7.27. The highest BCUT2D eigenvalue weighted by molar-refractivity contribution is 7.89. The lowest BCUT2D eigenvalue weighted by atomic mass is 10.0. The Balaban J connectivity index is 2.49. The largest absolute Gasteiger partial charge is 0.243 e. The summed E-state index contributed by atoms with van der Waals surface area (Å²) in [6.45, 7) is 4.45. The summed E-state index contributed by atoms with van der Waals surface area (Å²) in [5.41, 5.74) is 0.228. The number of hydrogen-bond acceptors (Lipinski definition) is 3. The van der Waals surface area contributed by atoms with Crippen LogP contribution >= 0.6 is 0 Å². The monoisotopic (exact) mass is 278 g/mol. The van der Waals surface area contributed by atoms with Gasteiger partial charge in [0.1, 0.15) is 0 Å². The first-order valence-electron chi connectivity index (χ1n) is 6.37. The number of benzene rings is 1. The molecule has 1 aliphatic rings. The maximum atomic E-state index is 12.8. The van der Waals surface area contributed by atoms with Crippen LogP contribution in [-0.2, 0) is 16.4 Å². The number of rotatable bonds is 3. The molecule has 102 valence electrons. The van der Waals surface area contributed by atoms with Crippen LogP contribution in [0.2, 0.25) is 0 Å². The molecular weight excluding hydrogens is 260 g/mol. The van der Waals surface area contributed by atoms with Gasteiger partial charge >= 0.3 is 0 Å². The minimum atomic E-state index is -3.52. The SMILES string of the molecule is CC1(C)CCCN1S(=O)(=O)c1ccccc1CC#N. The topological polar surface area (TPSA) is 61.2 Å². The van der Waals surface area contributed by atoms with Crippen LogP contribution in [0.5, 0.6) is 0 Å². The summed E-state index contributed by atoms with van der Waals surface area (Å²) in [6.07, 6.45) is 1.86. The first kappa shape index (κ1) is 14.0. The van der Waals surface area contributed by atoms with Crippen molar-refractivity contribution in [1.29, 1.82) is 5.26 Å².